The zero-order chi connectivity index (χ0) is 32.9. The van der Waals surface area contributed by atoms with Crippen LogP contribution in [0.2, 0.25) is 5.02 Å². The van der Waals surface area contributed by atoms with Crippen molar-refractivity contribution in [3.8, 4) is 11.5 Å². The summed E-state index contributed by atoms with van der Waals surface area (Å²) in [6.07, 6.45) is 0. The second kappa shape index (κ2) is 12.2. The van der Waals surface area contributed by atoms with Gasteiger partial charge in [-0.2, -0.15) is 16.8 Å². The van der Waals surface area contributed by atoms with Gasteiger partial charge in [-0.1, -0.05) is 11.6 Å². The van der Waals surface area contributed by atoms with E-state index in [1.165, 1.54) is 6.07 Å². The van der Waals surface area contributed by atoms with Crippen LogP contribution in [0.15, 0.2) is 81.7 Å². The quantitative estimate of drug-likeness (QED) is 0.0638. The number of hydrogen-bond acceptors (Lipinski definition) is 11. The first-order valence-corrected chi connectivity index (χ1v) is 17.8. The van der Waals surface area contributed by atoms with Gasteiger partial charge in [0.2, 0.25) is 0 Å². The summed E-state index contributed by atoms with van der Waals surface area (Å²) in [7, 11) is -15.4. The van der Waals surface area contributed by atoms with E-state index in [0.29, 0.717) is 21.1 Å². The molecule has 0 heterocycles. The predicted molar refractivity (Wildman–Crippen MR) is 165 cm³/mol. The van der Waals surface area contributed by atoms with Gasteiger partial charge in [0.1, 0.15) is 32.5 Å². The Hall–Kier alpha value is -2.84. The van der Waals surface area contributed by atoms with Crippen LogP contribution in [-0.2, 0) is 24.8 Å². The number of hydrogen-bond donors (Lipinski definition) is 6. The monoisotopic (exact) mass is 812 g/mol. The van der Waals surface area contributed by atoms with E-state index in [9.17, 15) is 50.5 Å². The predicted octanol–water partition coefficient (Wildman–Crippen LogP) is 6.87. The standard InChI is InChI=1S/C23H16Br2ClN4O11PS2/c1-9-4-12(24)19(13(25)5-9)28-30-21-17(44(39,40)41)7-10-6-16(43(36,37)38)20(22(31)18(10)23(21)32)29-27-14-3-2-11(26)8-15(14)42(33,34)35/h2-8,31-32H,1H3,(H2,33,34,35)(H,36,37,38)(H,39,40,41). The van der Waals surface area contributed by atoms with E-state index < -0.39 is 82.3 Å². The lowest BCUT2D eigenvalue weighted by molar-refractivity contribution is 0.387. The van der Waals surface area contributed by atoms with Crippen molar-refractivity contribution in [3.05, 3.63) is 62.0 Å². The van der Waals surface area contributed by atoms with Crippen molar-refractivity contribution in [2.45, 2.75) is 16.7 Å². The topological polar surface area (TPSA) is 256 Å². The molecule has 0 unspecified atom stereocenters. The van der Waals surface area contributed by atoms with Crippen molar-refractivity contribution in [2.24, 2.45) is 20.5 Å². The molecule has 44 heavy (non-hydrogen) atoms. The van der Waals surface area contributed by atoms with Crippen LogP contribution >= 0.6 is 51.1 Å². The van der Waals surface area contributed by atoms with Crippen LogP contribution in [0.25, 0.3) is 10.8 Å². The molecule has 0 aliphatic heterocycles. The van der Waals surface area contributed by atoms with Crippen molar-refractivity contribution in [1.82, 2.24) is 0 Å². The van der Waals surface area contributed by atoms with Crippen LogP contribution < -0.4 is 5.30 Å². The Morgan fingerprint density at radius 3 is 1.66 bits per heavy atom. The number of azo groups is 2. The van der Waals surface area contributed by atoms with Gasteiger partial charge in [-0.3, -0.25) is 13.7 Å². The molecular weight excluding hydrogens is 799 g/mol. The minimum atomic E-state index is -5.26. The second-order valence-corrected chi connectivity index (χ2v) is 15.3. The van der Waals surface area contributed by atoms with Gasteiger partial charge >= 0.3 is 7.60 Å². The van der Waals surface area contributed by atoms with E-state index in [2.05, 4.69) is 52.3 Å². The van der Waals surface area contributed by atoms with Crippen molar-refractivity contribution >= 4 is 110 Å². The van der Waals surface area contributed by atoms with Crippen LogP contribution in [0, 0.1) is 6.92 Å². The Kier molecular flexibility index (Phi) is 9.41. The maximum atomic E-state index is 12.3. The highest BCUT2D eigenvalue weighted by Crippen LogP contribution is 2.50. The molecule has 0 fully saturated rings. The van der Waals surface area contributed by atoms with Crippen LogP contribution in [0.1, 0.15) is 5.56 Å². The third-order valence-electron chi connectivity index (χ3n) is 5.73. The van der Waals surface area contributed by atoms with E-state index >= 15 is 0 Å². The summed E-state index contributed by atoms with van der Waals surface area (Å²) in [6.45, 7) is 1.78. The number of aromatic hydroxyl groups is 2. The third kappa shape index (κ3) is 7.02. The van der Waals surface area contributed by atoms with E-state index in [4.69, 9.17) is 11.6 Å². The zero-order valence-electron chi connectivity index (χ0n) is 21.5. The van der Waals surface area contributed by atoms with Gasteiger partial charge in [0, 0.05) is 14.0 Å². The maximum absolute atomic E-state index is 12.3. The Morgan fingerprint density at radius 2 is 1.20 bits per heavy atom. The lowest BCUT2D eigenvalue weighted by atomic mass is 10.1. The number of phenolic OH excluding ortho intramolecular Hbond substituents is 2. The van der Waals surface area contributed by atoms with E-state index in [-0.39, 0.29) is 10.7 Å². The smallest absolute Gasteiger partial charge is 0.358 e. The fraction of sp³-hybridized carbons (Fsp3) is 0.0435. The van der Waals surface area contributed by atoms with E-state index in [0.717, 1.165) is 17.7 Å². The first-order chi connectivity index (χ1) is 20.2. The summed E-state index contributed by atoms with van der Waals surface area (Å²) in [6, 6.07) is 7.66. The number of nitrogens with zero attached hydrogens (tertiary/aromatic N) is 4. The maximum Gasteiger partial charge on any atom is 0.358 e. The second-order valence-electron chi connectivity index (χ2n) is 8.85. The molecule has 0 radical (unpaired) electrons. The highest BCUT2D eigenvalue weighted by atomic mass is 79.9. The first-order valence-electron chi connectivity index (χ1n) is 11.4. The number of rotatable bonds is 7. The Bertz CT molecular complexity index is 2190. The SMILES string of the molecule is Cc1cc(Br)c(N=Nc2c(S(=O)(=O)O)cc3cc(S(=O)(=O)O)c(N=Nc4ccc(Cl)cc4P(=O)(O)O)c(O)c3c2O)c(Br)c1. The van der Waals surface area contributed by atoms with Crippen LogP contribution in [0.5, 0.6) is 11.5 Å². The lowest BCUT2D eigenvalue weighted by Gasteiger charge is -2.13. The highest BCUT2D eigenvalue weighted by molar-refractivity contribution is 9.11. The fourth-order valence-electron chi connectivity index (χ4n) is 3.85. The highest BCUT2D eigenvalue weighted by Gasteiger charge is 2.29. The van der Waals surface area contributed by atoms with Gasteiger partial charge in [0.25, 0.3) is 20.2 Å². The summed E-state index contributed by atoms with van der Waals surface area (Å²) in [5.41, 5.74) is -1.45. The van der Waals surface area contributed by atoms with Crippen LogP contribution in [0.3, 0.4) is 0 Å². The summed E-state index contributed by atoms with van der Waals surface area (Å²) in [4.78, 5) is 17.1. The molecule has 0 amide bonds. The molecule has 232 valence electrons. The number of fused-ring (bicyclic) bond motifs is 1. The van der Waals surface area contributed by atoms with Crippen LogP contribution in [0.4, 0.5) is 22.7 Å². The Labute approximate surface area is 269 Å². The molecule has 4 aromatic rings. The molecule has 4 aromatic carbocycles. The molecular formula is C23H16Br2ClN4O11PS2. The molecule has 0 bridgehead atoms. The summed E-state index contributed by atoms with van der Waals surface area (Å²) >= 11 is 12.4. The van der Waals surface area contributed by atoms with E-state index in [1.54, 1.807) is 19.1 Å². The molecule has 15 nitrogen and oxygen atoms in total. The van der Waals surface area contributed by atoms with Gasteiger partial charge in [0.05, 0.1) is 10.7 Å². The zero-order valence-corrected chi connectivity index (χ0v) is 27.9. The van der Waals surface area contributed by atoms with Gasteiger partial charge < -0.3 is 20.0 Å². The van der Waals surface area contributed by atoms with E-state index in [1.807, 2.05) is 0 Å². The van der Waals surface area contributed by atoms with Gasteiger partial charge in [-0.25, -0.2) is 0 Å². The Balaban J connectivity index is 2.06. The number of halogens is 3. The molecule has 0 atom stereocenters. The molecule has 4 rings (SSSR count). The number of aryl methyl sites for hydroxylation is 1. The van der Waals surface area contributed by atoms with Gasteiger partial charge in [-0.05, 0) is 92.2 Å². The van der Waals surface area contributed by atoms with Crippen molar-refractivity contribution in [2.75, 3.05) is 0 Å². The number of phenols is 2. The van der Waals surface area contributed by atoms with Crippen molar-refractivity contribution in [3.63, 3.8) is 0 Å². The molecule has 0 aromatic heterocycles. The summed E-state index contributed by atoms with van der Waals surface area (Å²) in [5.74, 6) is -2.30. The van der Waals surface area contributed by atoms with Crippen molar-refractivity contribution in [1.29, 1.82) is 0 Å². The largest absolute Gasteiger partial charge is 0.505 e. The molecule has 0 aliphatic carbocycles. The minimum absolute atomic E-state index is 0.0830. The van der Waals surface area contributed by atoms with Gasteiger partial charge in [-0.15, -0.1) is 20.5 Å². The molecule has 6 N–H and O–H groups in total. The normalized spacial score (nSPS) is 13.0. The Morgan fingerprint density at radius 1 is 0.750 bits per heavy atom. The lowest BCUT2D eigenvalue weighted by Crippen LogP contribution is -2.04. The molecule has 0 saturated heterocycles. The fourth-order valence-corrected chi connectivity index (χ4v) is 7.72. The number of benzene rings is 4. The molecule has 0 aliphatic rings. The molecule has 21 heteroatoms. The van der Waals surface area contributed by atoms with Crippen molar-refractivity contribution < 1.29 is 50.5 Å². The average molecular weight is 815 g/mol. The van der Waals surface area contributed by atoms with Crippen LogP contribution in [-0.4, -0.2) is 45.9 Å². The minimum Gasteiger partial charge on any atom is -0.505 e. The first kappa shape index (κ1) is 34.0. The molecule has 0 saturated carbocycles. The average Bonchev–Trinajstić information content (AvgIpc) is 2.86. The summed E-state index contributed by atoms with van der Waals surface area (Å²) in [5, 5.41) is 35.1. The third-order valence-corrected chi connectivity index (χ3v) is 9.89. The molecule has 0 spiro atoms. The van der Waals surface area contributed by atoms with Gasteiger partial charge in [0.15, 0.2) is 11.5 Å². The summed E-state index contributed by atoms with van der Waals surface area (Å²) < 4.78 is 81.5.